The zero-order valence-electron chi connectivity index (χ0n) is 13.0. The van der Waals surface area contributed by atoms with Gasteiger partial charge in [0.25, 0.3) is 0 Å². The number of carbonyl (C=O) groups is 2. The molecule has 2 rings (SSSR count). The maximum absolute atomic E-state index is 12.7. The van der Waals surface area contributed by atoms with E-state index in [2.05, 4.69) is 0 Å². The molecule has 8 heteroatoms. The SMILES string of the molecule is CCOC(=O)c1ccc(C)c(S(=O)(=O)N2CCC(C(=O)O)C2)c1. The summed E-state index contributed by atoms with van der Waals surface area (Å²) in [4.78, 5) is 22.8. The van der Waals surface area contributed by atoms with E-state index in [1.807, 2.05) is 0 Å². The van der Waals surface area contributed by atoms with E-state index >= 15 is 0 Å². The molecule has 0 bridgehead atoms. The number of hydrogen-bond acceptors (Lipinski definition) is 5. The van der Waals surface area contributed by atoms with E-state index in [9.17, 15) is 18.0 Å². The highest BCUT2D eigenvalue weighted by Gasteiger charge is 2.36. The molecular formula is C15H19NO6S. The summed E-state index contributed by atoms with van der Waals surface area (Å²) in [6, 6.07) is 4.34. The Hall–Kier alpha value is -1.93. The number of carboxylic acid groups (broad SMARTS) is 1. The molecule has 0 saturated carbocycles. The third-order valence-electron chi connectivity index (χ3n) is 3.82. The summed E-state index contributed by atoms with van der Waals surface area (Å²) in [5.41, 5.74) is 0.654. The molecule has 1 aromatic carbocycles. The first-order chi connectivity index (χ1) is 10.8. The standard InChI is InChI=1S/C15H19NO6S/c1-3-22-15(19)11-5-4-10(2)13(8-11)23(20,21)16-7-6-12(9-16)14(17)18/h4-5,8,12H,3,6-7,9H2,1-2H3,(H,17,18). The van der Waals surface area contributed by atoms with Crippen molar-refractivity contribution < 1.29 is 27.9 Å². The molecule has 1 unspecified atom stereocenters. The van der Waals surface area contributed by atoms with Crippen LogP contribution in [0.25, 0.3) is 0 Å². The van der Waals surface area contributed by atoms with Gasteiger partial charge in [-0.25, -0.2) is 13.2 Å². The summed E-state index contributed by atoms with van der Waals surface area (Å²) in [7, 11) is -3.84. The molecule has 1 atom stereocenters. The number of benzene rings is 1. The van der Waals surface area contributed by atoms with E-state index in [1.54, 1.807) is 19.9 Å². The van der Waals surface area contributed by atoms with Crippen LogP contribution in [0.1, 0.15) is 29.3 Å². The van der Waals surface area contributed by atoms with Gasteiger partial charge in [0.2, 0.25) is 10.0 Å². The number of ether oxygens (including phenoxy) is 1. The van der Waals surface area contributed by atoms with Gasteiger partial charge in [0, 0.05) is 13.1 Å². The second kappa shape index (κ2) is 6.67. The average molecular weight is 341 g/mol. The van der Waals surface area contributed by atoms with Crippen molar-refractivity contribution in [1.82, 2.24) is 4.31 Å². The Morgan fingerprint density at radius 1 is 1.39 bits per heavy atom. The number of esters is 1. The summed E-state index contributed by atoms with van der Waals surface area (Å²) in [6.45, 7) is 3.59. The minimum Gasteiger partial charge on any atom is -0.481 e. The van der Waals surface area contributed by atoms with Crippen molar-refractivity contribution in [3.05, 3.63) is 29.3 Å². The molecular weight excluding hydrogens is 322 g/mol. The smallest absolute Gasteiger partial charge is 0.338 e. The van der Waals surface area contributed by atoms with Crippen molar-refractivity contribution in [2.45, 2.75) is 25.2 Å². The van der Waals surface area contributed by atoms with Crippen LogP contribution in [0.15, 0.2) is 23.1 Å². The molecule has 126 valence electrons. The quantitative estimate of drug-likeness (QED) is 0.809. The third-order valence-corrected chi connectivity index (χ3v) is 5.82. The van der Waals surface area contributed by atoms with Crippen molar-refractivity contribution >= 4 is 22.0 Å². The van der Waals surface area contributed by atoms with Crippen LogP contribution >= 0.6 is 0 Å². The van der Waals surface area contributed by atoms with Crippen LogP contribution in [0, 0.1) is 12.8 Å². The van der Waals surface area contributed by atoms with Crippen molar-refractivity contribution in [2.24, 2.45) is 5.92 Å². The van der Waals surface area contributed by atoms with Crippen LogP contribution in [0.5, 0.6) is 0 Å². The summed E-state index contributed by atoms with van der Waals surface area (Å²) in [5, 5.41) is 9.02. The first kappa shape index (κ1) is 17.4. The minimum atomic E-state index is -3.84. The second-order valence-corrected chi connectivity index (χ2v) is 7.29. The topological polar surface area (TPSA) is 101 Å². The molecule has 0 aliphatic carbocycles. The van der Waals surface area contributed by atoms with Gasteiger partial charge < -0.3 is 9.84 Å². The minimum absolute atomic E-state index is 0.00842. The number of carbonyl (C=O) groups excluding carboxylic acids is 1. The molecule has 0 spiro atoms. The predicted octanol–water partition coefficient (Wildman–Crippen LogP) is 1.27. The Bertz CT molecular complexity index is 727. The van der Waals surface area contributed by atoms with Crippen molar-refractivity contribution in [3.63, 3.8) is 0 Å². The fraction of sp³-hybridized carbons (Fsp3) is 0.467. The molecule has 7 nitrogen and oxygen atoms in total. The molecule has 1 fully saturated rings. The number of nitrogens with zero attached hydrogens (tertiary/aromatic N) is 1. The lowest BCUT2D eigenvalue weighted by atomic mass is 10.1. The van der Waals surface area contributed by atoms with Gasteiger partial charge in [-0.1, -0.05) is 6.07 Å². The van der Waals surface area contributed by atoms with Gasteiger partial charge in [0.15, 0.2) is 0 Å². The van der Waals surface area contributed by atoms with Crippen LogP contribution in [-0.4, -0.2) is 49.5 Å². The largest absolute Gasteiger partial charge is 0.481 e. The number of hydrogen-bond donors (Lipinski definition) is 1. The molecule has 0 radical (unpaired) electrons. The Balaban J connectivity index is 2.34. The molecule has 1 aromatic rings. The monoisotopic (exact) mass is 341 g/mol. The van der Waals surface area contributed by atoms with E-state index < -0.39 is 27.9 Å². The summed E-state index contributed by atoms with van der Waals surface area (Å²) in [5.74, 6) is -2.29. The lowest BCUT2D eigenvalue weighted by Gasteiger charge is -2.18. The summed E-state index contributed by atoms with van der Waals surface area (Å²) >= 11 is 0. The molecule has 1 saturated heterocycles. The van der Waals surface area contributed by atoms with Crippen LogP contribution < -0.4 is 0 Å². The van der Waals surface area contributed by atoms with E-state index in [0.29, 0.717) is 5.56 Å². The zero-order chi connectivity index (χ0) is 17.2. The van der Waals surface area contributed by atoms with E-state index in [1.165, 1.54) is 12.1 Å². The Kier molecular flexibility index (Phi) is 5.06. The highest BCUT2D eigenvalue weighted by Crippen LogP contribution is 2.27. The average Bonchev–Trinajstić information content (AvgIpc) is 2.98. The van der Waals surface area contributed by atoms with Crippen molar-refractivity contribution in [3.8, 4) is 0 Å². The number of aryl methyl sites for hydroxylation is 1. The maximum atomic E-state index is 12.7. The summed E-state index contributed by atoms with van der Waals surface area (Å²) < 4.78 is 31.5. The number of sulfonamides is 1. The van der Waals surface area contributed by atoms with Gasteiger partial charge in [0.1, 0.15) is 0 Å². The van der Waals surface area contributed by atoms with Gasteiger partial charge in [-0.05, 0) is 38.0 Å². The Morgan fingerprint density at radius 2 is 2.09 bits per heavy atom. The van der Waals surface area contributed by atoms with Gasteiger partial charge >= 0.3 is 11.9 Å². The van der Waals surface area contributed by atoms with Crippen LogP contribution in [0.2, 0.25) is 0 Å². The number of aliphatic carboxylic acids is 1. The lowest BCUT2D eigenvalue weighted by Crippen LogP contribution is -2.30. The number of carboxylic acids is 1. The first-order valence-electron chi connectivity index (χ1n) is 7.28. The highest BCUT2D eigenvalue weighted by molar-refractivity contribution is 7.89. The van der Waals surface area contributed by atoms with Crippen LogP contribution in [0.4, 0.5) is 0 Å². The first-order valence-corrected chi connectivity index (χ1v) is 8.72. The third kappa shape index (κ3) is 3.53. The molecule has 1 N–H and O–H groups in total. The van der Waals surface area contributed by atoms with Crippen LogP contribution in [0.3, 0.4) is 0 Å². The Morgan fingerprint density at radius 3 is 2.65 bits per heavy atom. The van der Waals surface area contributed by atoms with Gasteiger partial charge in [-0.3, -0.25) is 4.79 Å². The van der Waals surface area contributed by atoms with Gasteiger partial charge in [0.05, 0.1) is 23.0 Å². The maximum Gasteiger partial charge on any atom is 0.338 e. The molecule has 1 aliphatic heterocycles. The Labute approximate surface area is 134 Å². The lowest BCUT2D eigenvalue weighted by molar-refractivity contribution is -0.141. The molecule has 23 heavy (non-hydrogen) atoms. The fourth-order valence-electron chi connectivity index (χ4n) is 2.51. The van der Waals surface area contributed by atoms with E-state index in [-0.39, 0.29) is 36.6 Å². The molecule has 0 aromatic heterocycles. The summed E-state index contributed by atoms with van der Waals surface area (Å²) in [6.07, 6.45) is 0.283. The second-order valence-electron chi connectivity index (χ2n) is 5.39. The van der Waals surface area contributed by atoms with Crippen molar-refractivity contribution in [1.29, 1.82) is 0 Å². The molecule has 1 aliphatic rings. The van der Waals surface area contributed by atoms with E-state index in [4.69, 9.17) is 9.84 Å². The predicted molar refractivity (Wildman–Crippen MR) is 81.6 cm³/mol. The van der Waals surface area contributed by atoms with Crippen molar-refractivity contribution in [2.75, 3.05) is 19.7 Å². The van der Waals surface area contributed by atoms with E-state index in [0.717, 1.165) is 4.31 Å². The van der Waals surface area contributed by atoms with Gasteiger partial charge in [-0.2, -0.15) is 4.31 Å². The normalized spacial score (nSPS) is 18.8. The fourth-order valence-corrected chi connectivity index (χ4v) is 4.26. The zero-order valence-corrected chi connectivity index (χ0v) is 13.8. The number of rotatable bonds is 5. The molecule has 0 amide bonds. The van der Waals surface area contributed by atoms with Crippen LogP contribution in [-0.2, 0) is 19.6 Å². The van der Waals surface area contributed by atoms with Gasteiger partial charge in [-0.15, -0.1) is 0 Å². The highest BCUT2D eigenvalue weighted by atomic mass is 32.2. The molecule has 1 heterocycles.